The first kappa shape index (κ1) is 23.1. The summed E-state index contributed by atoms with van der Waals surface area (Å²) in [7, 11) is 0. The van der Waals surface area contributed by atoms with Gasteiger partial charge in [-0.25, -0.2) is 4.99 Å². The Morgan fingerprint density at radius 3 is 2.39 bits per heavy atom. The predicted molar refractivity (Wildman–Crippen MR) is 158 cm³/mol. The third-order valence-electron chi connectivity index (χ3n) is 6.73. The molecule has 0 bridgehead atoms. The number of hydrogen-bond donors (Lipinski definition) is 2. The van der Waals surface area contributed by atoms with Crippen molar-refractivity contribution in [1.82, 2.24) is 4.98 Å². The number of aromatic nitrogens is 1. The zero-order valence-corrected chi connectivity index (χ0v) is 20.7. The van der Waals surface area contributed by atoms with E-state index in [-0.39, 0.29) is 11.7 Å². The highest BCUT2D eigenvalue weighted by Crippen LogP contribution is 2.38. The van der Waals surface area contributed by atoms with Crippen molar-refractivity contribution in [2.75, 3.05) is 4.90 Å². The van der Waals surface area contributed by atoms with E-state index in [0.717, 1.165) is 50.0 Å². The van der Waals surface area contributed by atoms with E-state index in [2.05, 4.69) is 57.9 Å². The van der Waals surface area contributed by atoms with Crippen LogP contribution in [0.25, 0.3) is 22.4 Å². The fourth-order valence-corrected chi connectivity index (χ4v) is 4.75. The topological polar surface area (TPSA) is 78.4 Å². The van der Waals surface area contributed by atoms with Crippen molar-refractivity contribution in [3.63, 3.8) is 0 Å². The first-order chi connectivity index (χ1) is 18.6. The average molecular weight is 492 g/mol. The molecule has 182 valence electrons. The third kappa shape index (κ3) is 4.27. The maximum Gasteiger partial charge on any atom is 0.155 e. The standard InChI is InChI=1S/C33H25N5/c1-22-29-11-5-4-9-24(29)16-17-38(31-13-7-6-12-30(22)31)28-19-27(20-36-21-28)33(35)37-32(34)26-15-14-23-8-2-3-10-25(23)18-26/h2-21H,1H2,(H3,34,35,37)/b17-16-. The first-order valence-corrected chi connectivity index (χ1v) is 12.3. The maximum atomic E-state index is 8.68. The number of nitrogens with two attached hydrogens (primary N) is 1. The molecule has 38 heavy (non-hydrogen) atoms. The summed E-state index contributed by atoms with van der Waals surface area (Å²) < 4.78 is 0. The molecule has 0 atom stereocenters. The van der Waals surface area contributed by atoms with Gasteiger partial charge < -0.3 is 10.6 Å². The number of fused-ring (bicyclic) bond motifs is 3. The summed E-state index contributed by atoms with van der Waals surface area (Å²) in [6.45, 7) is 4.41. The molecule has 3 N–H and O–H groups in total. The van der Waals surface area contributed by atoms with Crippen LogP contribution >= 0.6 is 0 Å². The number of benzene rings is 4. The Kier molecular flexibility index (Phi) is 5.86. The number of hydrogen-bond acceptors (Lipinski definition) is 3. The van der Waals surface area contributed by atoms with Gasteiger partial charge in [0.05, 0.1) is 17.6 Å². The summed E-state index contributed by atoms with van der Waals surface area (Å²) in [5.74, 6) is 0.333. The van der Waals surface area contributed by atoms with Crippen molar-refractivity contribution in [3.05, 3.63) is 150 Å². The van der Waals surface area contributed by atoms with Gasteiger partial charge in [0.25, 0.3) is 0 Å². The summed E-state index contributed by atoms with van der Waals surface area (Å²) in [4.78, 5) is 10.9. The van der Waals surface area contributed by atoms with Gasteiger partial charge in [-0.05, 0) is 51.7 Å². The van der Waals surface area contributed by atoms with Crippen LogP contribution in [0.1, 0.15) is 27.8 Å². The number of aliphatic imine (C=N–C) groups is 1. The van der Waals surface area contributed by atoms with Gasteiger partial charge in [0, 0.05) is 29.1 Å². The number of nitrogens with one attached hydrogen (secondary N) is 1. The lowest BCUT2D eigenvalue weighted by atomic mass is 9.92. The third-order valence-corrected chi connectivity index (χ3v) is 6.73. The van der Waals surface area contributed by atoms with Crippen LogP contribution in [0.5, 0.6) is 0 Å². The Labute approximate surface area is 221 Å². The zero-order valence-electron chi connectivity index (χ0n) is 20.7. The highest BCUT2D eigenvalue weighted by atomic mass is 15.1. The molecule has 6 rings (SSSR count). The lowest BCUT2D eigenvalue weighted by Gasteiger charge is -2.27. The Balaban J connectivity index is 1.37. The van der Waals surface area contributed by atoms with Crippen molar-refractivity contribution in [3.8, 4) is 0 Å². The summed E-state index contributed by atoms with van der Waals surface area (Å²) in [5.41, 5.74) is 13.6. The molecule has 0 unspecified atom stereocenters. The summed E-state index contributed by atoms with van der Waals surface area (Å²) in [6, 6.07) is 32.3. The molecule has 0 spiro atoms. The molecule has 1 aliphatic rings. The minimum absolute atomic E-state index is 0.0454. The second kappa shape index (κ2) is 9.64. The van der Waals surface area contributed by atoms with E-state index in [1.165, 1.54) is 0 Å². The number of anilines is 2. The quantitative estimate of drug-likeness (QED) is 0.208. The van der Waals surface area contributed by atoms with Gasteiger partial charge in [-0.1, -0.05) is 85.4 Å². The van der Waals surface area contributed by atoms with E-state index < -0.39 is 0 Å². The minimum Gasteiger partial charge on any atom is -0.383 e. The van der Waals surface area contributed by atoms with E-state index >= 15 is 0 Å². The van der Waals surface area contributed by atoms with Crippen LogP contribution in [-0.4, -0.2) is 16.7 Å². The molecular weight excluding hydrogens is 466 g/mol. The molecule has 0 saturated carbocycles. The molecule has 5 aromatic rings. The Morgan fingerprint density at radius 1 is 0.789 bits per heavy atom. The van der Waals surface area contributed by atoms with Gasteiger partial charge in [0.2, 0.25) is 0 Å². The summed E-state index contributed by atoms with van der Waals surface area (Å²) >= 11 is 0. The Bertz CT molecular complexity index is 1780. The summed E-state index contributed by atoms with van der Waals surface area (Å²) in [5, 5.41) is 10.9. The molecule has 5 heteroatoms. The molecule has 0 aliphatic carbocycles. The van der Waals surface area contributed by atoms with Gasteiger partial charge in [-0.2, -0.15) is 0 Å². The zero-order chi connectivity index (χ0) is 26.1. The first-order valence-electron chi connectivity index (χ1n) is 12.3. The molecule has 1 aliphatic heterocycles. The van der Waals surface area contributed by atoms with Gasteiger partial charge in [-0.15, -0.1) is 0 Å². The molecule has 1 aromatic heterocycles. The number of amidine groups is 2. The second-order valence-corrected chi connectivity index (χ2v) is 9.11. The van der Waals surface area contributed by atoms with Gasteiger partial charge >= 0.3 is 0 Å². The normalized spacial score (nSPS) is 13.8. The highest BCUT2D eigenvalue weighted by molar-refractivity contribution is 6.11. The molecule has 0 saturated heterocycles. The average Bonchev–Trinajstić information content (AvgIpc) is 2.96. The smallest absolute Gasteiger partial charge is 0.155 e. The van der Waals surface area contributed by atoms with Crippen LogP contribution in [0.15, 0.2) is 127 Å². The number of nitrogens with zero attached hydrogens (tertiary/aromatic N) is 3. The second-order valence-electron chi connectivity index (χ2n) is 9.11. The lowest BCUT2D eigenvalue weighted by Crippen LogP contribution is -2.16. The SMILES string of the molecule is C=C1c2ccccc2/C=C\N(c2cncc(C(=N)N=C(N)c3ccc4ccccc4c3)c2)c2ccccc21. The van der Waals surface area contributed by atoms with E-state index in [9.17, 15) is 0 Å². The van der Waals surface area contributed by atoms with Crippen molar-refractivity contribution >= 4 is 45.5 Å². The summed E-state index contributed by atoms with van der Waals surface area (Å²) in [6.07, 6.45) is 7.52. The van der Waals surface area contributed by atoms with Crippen LogP contribution in [0.2, 0.25) is 0 Å². The molecule has 5 nitrogen and oxygen atoms in total. The Hall–Kier alpha value is -5.29. The number of para-hydroxylation sites is 1. The maximum absolute atomic E-state index is 8.68. The van der Waals surface area contributed by atoms with Gasteiger partial charge in [-0.3, -0.25) is 10.4 Å². The van der Waals surface area contributed by atoms with Crippen molar-refractivity contribution in [1.29, 1.82) is 5.41 Å². The van der Waals surface area contributed by atoms with Crippen LogP contribution in [0.4, 0.5) is 11.4 Å². The van der Waals surface area contributed by atoms with E-state index in [4.69, 9.17) is 11.1 Å². The number of rotatable bonds is 3. The fraction of sp³-hybridized carbons (Fsp3) is 0. The monoisotopic (exact) mass is 491 g/mol. The minimum atomic E-state index is 0.0454. The highest BCUT2D eigenvalue weighted by Gasteiger charge is 2.19. The molecule has 4 aromatic carbocycles. The lowest BCUT2D eigenvalue weighted by molar-refractivity contribution is 1.21. The van der Waals surface area contributed by atoms with E-state index in [1.54, 1.807) is 12.4 Å². The largest absolute Gasteiger partial charge is 0.383 e. The van der Waals surface area contributed by atoms with E-state index in [0.29, 0.717) is 5.56 Å². The Morgan fingerprint density at radius 2 is 1.53 bits per heavy atom. The van der Waals surface area contributed by atoms with Gasteiger partial charge in [0.15, 0.2) is 5.84 Å². The van der Waals surface area contributed by atoms with Crippen molar-refractivity contribution in [2.24, 2.45) is 10.7 Å². The van der Waals surface area contributed by atoms with Gasteiger partial charge in [0.1, 0.15) is 5.84 Å². The predicted octanol–water partition coefficient (Wildman–Crippen LogP) is 7.15. The fourth-order valence-electron chi connectivity index (χ4n) is 4.75. The molecule has 0 fully saturated rings. The number of pyridine rings is 1. The van der Waals surface area contributed by atoms with Crippen LogP contribution < -0.4 is 10.6 Å². The van der Waals surface area contributed by atoms with Crippen LogP contribution in [0, 0.1) is 5.41 Å². The molecule has 2 heterocycles. The van der Waals surface area contributed by atoms with E-state index in [1.807, 2.05) is 72.9 Å². The molecule has 0 radical (unpaired) electrons. The van der Waals surface area contributed by atoms with Crippen LogP contribution in [-0.2, 0) is 0 Å². The van der Waals surface area contributed by atoms with Crippen LogP contribution in [0.3, 0.4) is 0 Å². The van der Waals surface area contributed by atoms with Crippen molar-refractivity contribution < 1.29 is 0 Å². The molecular formula is C33H25N5. The van der Waals surface area contributed by atoms with Crippen molar-refractivity contribution in [2.45, 2.75) is 0 Å². The molecule has 0 amide bonds.